The molecule has 0 atom stereocenters. The van der Waals surface area contributed by atoms with Gasteiger partial charge in [0.2, 0.25) is 0 Å². The molecule has 0 saturated heterocycles. The van der Waals surface area contributed by atoms with Gasteiger partial charge in [0.05, 0.1) is 33.4 Å². The standard InChI is InChI=1S/C21H15N7O6/c29-20(25-22-12-14-6-1-3-10-18(14)27(31)32)16-8-5-9-17(24-16)21(30)26-23-13-15-7-2-4-11-19(15)28(33)34/h1-13H,(H,25,29)(H,26,30)/b22-12+,23-13+. The maximum atomic E-state index is 12.3. The summed E-state index contributed by atoms with van der Waals surface area (Å²) in [5, 5.41) is 29.4. The first-order valence-electron chi connectivity index (χ1n) is 9.47. The zero-order valence-electron chi connectivity index (χ0n) is 17.2. The molecular formula is C21H15N7O6. The van der Waals surface area contributed by atoms with Crippen LogP contribution in [0.4, 0.5) is 11.4 Å². The largest absolute Gasteiger partial charge is 0.289 e. The predicted octanol–water partition coefficient (Wildman–Crippen LogP) is 2.43. The number of carbonyl (C=O) groups is 2. The molecule has 0 aliphatic carbocycles. The predicted molar refractivity (Wildman–Crippen MR) is 121 cm³/mol. The molecular weight excluding hydrogens is 446 g/mol. The van der Waals surface area contributed by atoms with Gasteiger partial charge in [-0.2, -0.15) is 10.2 Å². The Bertz CT molecular complexity index is 1230. The third kappa shape index (κ3) is 5.88. The van der Waals surface area contributed by atoms with Crippen molar-refractivity contribution in [2.75, 3.05) is 0 Å². The summed E-state index contributed by atoms with van der Waals surface area (Å²) in [6, 6.07) is 15.8. The minimum Gasteiger partial charge on any atom is -0.266 e. The minimum absolute atomic E-state index is 0.143. The van der Waals surface area contributed by atoms with Crippen LogP contribution in [0.2, 0.25) is 0 Å². The Hall–Kier alpha value is -5.33. The lowest BCUT2D eigenvalue weighted by Crippen LogP contribution is -2.23. The summed E-state index contributed by atoms with van der Waals surface area (Å²) >= 11 is 0. The molecule has 0 fully saturated rings. The van der Waals surface area contributed by atoms with Gasteiger partial charge in [-0.05, 0) is 24.3 Å². The Balaban J connectivity index is 1.65. The molecule has 3 aromatic rings. The van der Waals surface area contributed by atoms with Crippen LogP contribution in [0.3, 0.4) is 0 Å². The molecule has 3 rings (SSSR count). The normalized spacial score (nSPS) is 10.8. The van der Waals surface area contributed by atoms with E-state index in [0.29, 0.717) is 0 Å². The number of rotatable bonds is 8. The molecule has 0 saturated carbocycles. The fourth-order valence-electron chi connectivity index (χ4n) is 2.65. The Morgan fingerprint density at radius 2 is 1.12 bits per heavy atom. The van der Waals surface area contributed by atoms with Gasteiger partial charge in [0.25, 0.3) is 23.2 Å². The zero-order chi connectivity index (χ0) is 24.5. The Morgan fingerprint density at radius 1 is 0.706 bits per heavy atom. The summed E-state index contributed by atoms with van der Waals surface area (Å²) in [5.41, 5.74) is 4.08. The van der Waals surface area contributed by atoms with E-state index >= 15 is 0 Å². The monoisotopic (exact) mass is 461 g/mol. The molecule has 0 radical (unpaired) electrons. The first-order chi connectivity index (χ1) is 16.4. The van der Waals surface area contributed by atoms with E-state index in [2.05, 4.69) is 26.0 Å². The molecule has 13 nitrogen and oxygen atoms in total. The van der Waals surface area contributed by atoms with E-state index in [-0.39, 0.29) is 33.9 Å². The van der Waals surface area contributed by atoms with Crippen molar-refractivity contribution >= 4 is 35.6 Å². The number of nitro groups is 2. The number of nitrogens with one attached hydrogen (secondary N) is 2. The molecule has 2 amide bonds. The SMILES string of the molecule is O=C(N/N=C/c1ccccc1[N+](=O)[O-])c1cccc(C(=O)N/N=C/c2ccccc2[N+](=O)[O-])n1. The highest BCUT2D eigenvalue weighted by Crippen LogP contribution is 2.16. The lowest BCUT2D eigenvalue weighted by molar-refractivity contribution is -0.385. The average molecular weight is 461 g/mol. The van der Waals surface area contributed by atoms with Crippen molar-refractivity contribution in [3.8, 4) is 0 Å². The second-order valence-corrected chi connectivity index (χ2v) is 6.44. The van der Waals surface area contributed by atoms with Crippen molar-refractivity contribution in [2.24, 2.45) is 10.2 Å². The van der Waals surface area contributed by atoms with Crippen LogP contribution in [-0.4, -0.2) is 39.1 Å². The molecule has 0 unspecified atom stereocenters. The number of nitrogens with zero attached hydrogens (tertiary/aromatic N) is 5. The lowest BCUT2D eigenvalue weighted by atomic mass is 10.2. The second kappa shape index (κ2) is 10.8. The fourth-order valence-corrected chi connectivity index (χ4v) is 2.65. The zero-order valence-corrected chi connectivity index (χ0v) is 17.2. The van der Waals surface area contributed by atoms with Crippen LogP contribution in [0.1, 0.15) is 32.1 Å². The van der Waals surface area contributed by atoms with Crippen LogP contribution in [0.5, 0.6) is 0 Å². The quantitative estimate of drug-likeness (QED) is 0.293. The fraction of sp³-hybridized carbons (Fsp3) is 0. The van der Waals surface area contributed by atoms with Crippen molar-refractivity contribution in [1.82, 2.24) is 15.8 Å². The molecule has 170 valence electrons. The summed E-state index contributed by atoms with van der Waals surface area (Å²) in [4.78, 5) is 49.4. The third-order valence-electron chi connectivity index (χ3n) is 4.22. The first kappa shape index (κ1) is 23.3. The molecule has 1 aromatic heterocycles. The van der Waals surface area contributed by atoms with Crippen LogP contribution in [0.15, 0.2) is 76.9 Å². The highest BCUT2D eigenvalue weighted by Gasteiger charge is 2.14. The summed E-state index contributed by atoms with van der Waals surface area (Å²) < 4.78 is 0. The van der Waals surface area contributed by atoms with Crippen molar-refractivity contribution < 1.29 is 19.4 Å². The van der Waals surface area contributed by atoms with Gasteiger partial charge in [0, 0.05) is 12.1 Å². The Kier molecular flexibility index (Phi) is 7.42. The van der Waals surface area contributed by atoms with Crippen LogP contribution in [-0.2, 0) is 0 Å². The Labute approximate surface area is 191 Å². The number of hydrogen-bond acceptors (Lipinski definition) is 9. The number of amides is 2. The minimum atomic E-state index is -0.757. The van der Waals surface area contributed by atoms with Gasteiger partial charge >= 0.3 is 0 Å². The van der Waals surface area contributed by atoms with Crippen molar-refractivity contribution in [2.45, 2.75) is 0 Å². The number of hydrogen-bond donors (Lipinski definition) is 2. The van der Waals surface area contributed by atoms with E-state index in [9.17, 15) is 29.8 Å². The number of pyridine rings is 1. The van der Waals surface area contributed by atoms with Crippen LogP contribution in [0, 0.1) is 20.2 Å². The second-order valence-electron chi connectivity index (χ2n) is 6.44. The van der Waals surface area contributed by atoms with Crippen molar-refractivity contribution in [3.63, 3.8) is 0 Å². The Morgan fingerprint density at radius 3 is 1.53 bits per heavy atom. The summed E-state index contributed by atoms with van der Waals surface area (Å²) in [6.07, 6.45) is 2.23. The van der Waals surface area contributed by atoms with Crippen molar-refractivity contribution in [1.29, 1.82) is 0 Å². The van der Waals surface area contributed by atoms with Crippen LogP contribution < -0.4 is 10.9 Å². The van der Waals surface area contributed by atoms with Crippen molar-refractivity contribution in [3.05, 3.63) is 109 Å². The molecule has 1 heterocycles. The maximum Gasteiger partial charge on any atom is 0.289 e. The lowest BCUT2D eigenvalue weighted by Gasteiger charge is -2.03. The number of carbonyl (C=O) groups excluding carboxylic acids is 2. The first-order valence-corrected chi connectivity index (χ1v) is 9.47. The maximum absolute atomic E-state index is 12.3. The molecule has 34 heavy (non-hydrogen) atoms. The van der Waals surface area contributed by atoms with E-state index in [0.717, 1.165) is 12.4 Å². The van der Waals surface area contributed by atoms with E-state index in [4.69, 9.17) is 0 Å². The highest BCUT2D eigenvalue weighted by atomic mass is 16.6. The van der Waals surface area contributed by atoms with Gasteiger partial charge in [0.15, 0.2) is 0 Å². The smallest absolute Gasteiger partial charge is 0.266 e. The number of aromatic nitrogens is 1. The molecule has 2 N–H and O–H groups in total. The number of para-hydroxylation sites is 2. The summed E-state index contributed by atoms with van der Waals surface area (Å²) in [5.74, 6) is -1.51. The molecule has 0 bridgehead atoms. The molecule has 0 spiro atoms. The van der Waals surface area contributed by atoms with Gasteiger partial charge < -0.3 is 0 Å². The number of nitro benzene ring substituents is 2. The van der Waals surface area contributed by atoms with E-state index < -0.39 is 21.7 Å². The summed E-state index contributed by atoms with van der Waals surface area (Å²) in [6.45, 7) is 0. The molecule has 13 heteroatoms. The van der Waals surface area contributed by atoms with E-state index in [1.807, 2.05) is 0 Å². The summed E-state index contributed by atoms with van der Waals surface area (Å²) in [7, 11) is 0. The molecule has 0 aliphatic rings. The highest BCUT2D eigenvalue weighted by molar-refractivity contribution is 5.97. The molecule has 0 aliphatic heterocycles. The van der Waals surface area contributed by atoms with Gasteiger partial charge in [0.1, 0.15) is 11.4 Å². The van der Waals surface area contributed by atoms with Crippen LogP contribution in [0.25, 0.3) is 0 Å². The van der Waals surface area contributed by atoms with Gasteiger partial charge in [-0.1, -0.05) is 30.3 Å². The van der Waals surface area contributed by atoms with E-state index in [1.54, 1.807) is 12.1 Å². The number of benzene rings is 2. The molecule has 2 aromatic carbocycles. The topological polar surface area (TPSA) is 182 Å². The van der Waals surface area contributed by atoms with E-state index in [1.165, 1.54) is 54.6 Å². The number of hydrazone groups is 2. The average Bonchev–Trinajstić information content (AvgIpc) is 2.84. The van der Waals surface area contributed by atoms with Gasteiger partial charge in [-0.3, -0.25) is 29.8 Å². The third-order valence-corrected chi connectivity index (χ3v) is 4.22. The van der Waals surface area contributed by atoms with Gasteiger partial charge in [-0.25, -0.2) is 15.8 Å². The van der Waals surface area contributed by atoms with Crippen LogP contribution >= 0.6 is 0 Å². The van der Waals surface area contributed by atoms with Gasteiger partial charge in [-0.15, -0.1) is 0 Å².